The minimum absolute atomic E-state index is 0.0735. The summed E-state index contributed by atoms with van der Waals surface area (Å²) in [6.45, 7) is 4.01. The number of amides is 2. The molecule has 2 atom stereocenters. The first kappa shape index (κ1) is 23.4. The molecule has 2 saturated heterocycles. The molecule has 184 valence electrons. The molecule has 2 bridgehead atoms. The van der Waals surface area contributed by atoms with E-state index in [0.29, 0.717) is 32.1 Å². The van der Waals surface area contributed by atoms with Gasteiger partial charge in [-0.3, -0.25) is 4.79 Å². The van der Waals surface area contributed by atoms with Crippen LogP contribution in [0.15, 0.2) is 48.5 Å². The van der Waals surface area contributed by atoms with Gasteiger partial charge < -0.3 is 20.1 Å². The number of fused-ring (bicyclic) bond motifs is 5. The summed E-state index contributed by atoms with van der Waals surface area (Å²) in [5, 5.41) is 12.7. The summed E-state index contributed by atoms with van der Waals surface area (Å²) in [6.07, 6.45) is 2.33. The van der Waals surface area contributed by atoms with E-state index in [1.165, 1.54) is 0 Å². The average Bonchev–Trinajstić information content (AvgIpc) is 3.54. The predicted molar refractivity (Wildman–Crippen MR) is 131 cm³/mol. The Bertz CT molecular complexity index is 1110. The van der Waals surface area contributed by atoms with Gasteiger partial charge in [0.2, 0.25) is 5.91 Å². The van der Waals surface area contributed by atoms with Crippen LogP contribution >= 0.6 is 0 Å². The van der Waals surface area contributed by atoms with Crippen molar-refractivity contribution in [1.29, 1.82) is 0 Å². The minimum atomic E-state index is -1.14. The fourth-order valence-electron chi connectivity index (χ4n) is 6.24. The lowest BCUT2D eigenvalue weighted by Crippen LogP contribution is -2.58. The molecule has 2 N–H and O–H groups in total. The van der Waals surface area contributed by atoms with Crippen molar-refractivity contribution in [2.24, 2.45) is 5.92 Å². The monoisotopic (exact) mass is 476 g/mol. The van der Waals surface area contributed by atoms with E-state index >= 15 is 0 Å². The van der Waals surface area contributed by atoms with Crippen molar-refractivity contribution in [1.82, 2.24) is 10.2 Å². The molecule has 2 aromatic carbocycles. The van der Waals surface area contributed by atoms with Crippen LogP contribution in [-0.2, 0) is 14.3 Å². The Morgan fingerprint density at radius 2 is 1.63 bits per heavy atom. The first-order valence-corrected chi connectivity index (χ1v) is 12.6. The van der Waals surface area contributed by atoms with Gasteiger partial charge in [0.1, 0.15) is 18.2 Å². The zero-order valence-corrected chi connectivity index (χ0v) is 20.2. The molecule has 0 aromatic heterocycles. The van der Waals surface area contributed by atoms with Gasteiger partial charge >= 0.3 is 12.1 Å². The summed E-state index contributed by atoms with van der Waals surface area (Å²) >= 11 is 0. The summed E-state index contributed by atoms with van der Waals surface area (Å²) in [6, 6.07) is 15.3. The van der Waals surface area contributed by atoms with Crippen molar-refractivity contribution in [3.05, 3.63) is 59.7 Å². The Morgan fingerprint density at radius 3 is 2.17 bits per heavy atom. The third-order valence-corrected chi connectivity index (χ3v) is 8.34. The molecule has 3 aliphatic rings. The van der Waals surface area contributed by atoms with E-state index in [4.69, 9.17) is 4.74 Å². The number of carboxylic acid groups (broad SMARTS) is 1. The zero-order valence-electron chi connectivity index (χ0n) is 20.2. The zero-order chi connectivity index (χ0) is 24.7. The molecule has 2 aliphatic heterocycles. The number of ether oxygens (including phenoxy) is 1. The molecule has 0 radical (unpaired) electrons. The van der Waals surface area contributed by atoms with Crippen molar-refractivity contribution >= 4 is 18.0 Å². The molecule has 2 fully saturated rings. The largest absolute Gasteiger partial charge is 0.479 e. The van der Waals surface area contributed by atoms with E-state index in [2.05, 4.69) is 29.6 Å². The van der Waals surface area contributed by atoms with E-state index in [-0.39, 0.29) is 30.4 Å². The van der Waals surface area contributed by atoms with Crippen LogP contribution in [0.5, 0.6) is 0 Å². The standard InChI is InChI=1S/C28H32N2O5/c1-3-17(2)24(25(31)30-18-12-14-28(30,15-13-18)26(32)33)29-27(34)35-16-23-21-10-6-4-8-19(21)20-9-5-7-11-22(20)23/h4-11,17-18,23-24H,3,12-16H2,1-2H3,(H,29,34)(H,32,33)/t17?,18?,24-,28?/m0/s1. The van der Waals surface area contributed by atoms with Gasteiger partial charge in [0.15, 0.2) is 0 Å². The molecule has 1 unspecified atom stereocenters. The van der Waals surface area contributed by atoms with Crippen molar-refractivity contribution in [3.63, 3.8) is 0 Å². The lowest BCUT2D eigenvalue weighted by Gasteiger charge is -2.35. The lowest BCUT2D eigenvalue weighted by atomic mass is 9.87. The molecular weight excluding hydrogens is 444 g/mol. The molecule has 2 aromatic rings. The van der Waals surface area contributed by atoms with Crippen LogP contribution < -0.4 is 5.32 Å². The van der Waals surface area contributed by atoms with Gasteiger partial charge in [-0.25, -0.2) is 9.59 Å². The smallest absolute Gasteiger partial charge is 0.407 e. The Morgan fingerprint density at radius 1 is 1.06 bits per heavy atom. The number of rotatable bonds is 7. The van der Waals surface area contributed by atoms with Gasteiger partial charge in [-0.05, 0) is 53.9 Å². The maximum absolute atomic E-state index is 13.6. The molecular formula is C28H32N2O5. The highest BCUT2D eigenvalue weighted by molar-refractivity contribution is 5.93. The molecule has 0 saturated carbocycles. The van der Waals surface area contributed by atoms with Gasteiger partial charge in [0, 0.05) is 12.0 Å². The van der Waals surface area contributed by atoms with E-state index in [9.17, 15) is 19.5 Å². The maximum atomic E-state index is 13.6. The van der Waals surface area contributed by atoms with Gasteiger partial charge in [0.25, 0.3) is 0 Å². The molecule has 7 nitrogen and oxygen atoms in total. The maximum Gasteiger partial charge on any atom is 0.407 e. The molecule has 2 heterocycles. The average molecular weight is 477 g/mol. The first-order valence-electron chi connectivity index (χ1n) is 12.6. The number of alkyl carbamates (subject to hydrolysis) is 1. The van der Waals surface area contributed by atoms with E-state index in [1.807, 2.05) is 38.1 Å². The second-order valence-electron chi connectivity index (χ2n) is 10.1. The van der Waals surface area contributed by atoms with Crippen molar-refractivity contribution in [2.45, 2.75) is 69.5 Å². The Hall–Kier alpha value is -3.35. The van der Waals surface area contributed by atoms with Gasteiger partial charge in [-0.15, -0.1) is 0 Å². The quantitative estimate of drug-likeness (QED) is 0.611. The Kier molecular flexibility index (Phi) is 6.03. The lowest BCUT2D eigenvalue weighted by molar-refractivity contribution is -0.156. The van der Waals surface area contributed by atoms with Crippen LogP contribution in [0.1, 0.15) is 63.0 Å². The molecule has 5 rings (SSSR count). The number of benzene rings is 2. The summed E-state index contributed by atoms with van der Waals surface area (Å²) < 4.78 is 5.68. The first-order chi connectivity index (χ1) is 16.9. The second kappa shape index (κ2) is 9.02. The normalized spacial score (nSPS) is 23.9. The van der Waals surface area contributed by atoms with Crippen LogP contribution in [0, 0.1) is 5.92 Å². The number of carbonyl (C=O) groups excluding carboxylic acids is 2. The van der Waals surface area contributed by atoms with Gasteiger partial charge in [-0.2, -0.15) is 0 Å². The van der Waals surface area contributed by atoms with E-state index in [1.54, 1.807) is 4.90 Å². The van der Waals surface area contributed by atoms with Crippen LogP contribution in [0.4, 0.5) is 4.79 Å². The predicted octanol–water partition coefficient (Wildman–Crippen LogP) is 4.55. The fraction of sp³-hybridized carbons (Fsp3) is 0.464. The SMILES string of the molecule is CCC(C)[C@H](NC(=O)OCC1c2ccccc2-c2ccccc21)C(=O)N1C2CCC1(C(=O)O)CC2. The number of carbonyl (C=O) groups is 3. The number of hydrogen-bond acceptors (Lipinski definition) is 4. The number of aliphatic carboxylic acids is 1. The summed E-state index contributed by atoms with van der Waals surface area (Å²) in [5.74, 6) is -1.49. The van der Waals surface area contributed by atoms with Crippen LogP contribution in [0.25, 0.3) is 11.1 Å². The van der Waals surface area contributed by atoms with Crippen LogP contribution in [-0.4, -0.2) is 52.2 Å². The van der Waals surface area contributed by atoms with Gasteiger partial charge in [0.05, 0.1) is 0 Å². The van der Waals surface area contributed by atoms with Crippen molar-refractivity contribution in [3.8, 4) is 11.1 Å². The molecule has 7 heteroatoms. The third kappa shape index (κ3) is 3.77. The molecule has 2 amide bonds. The minimum Gasteiger partial charge on any atom is -0.479 e. The Balaban J connectivity index is 1.31. The summed E-state index contributed by atoms with van der Waals surface area (Å²) in [4.78, 5) is 40.3. The number of nitrogens with zero attached hydrogens (tertiary/aromatic N) is 1. The number of carboxylic acids is 1. The highest BCUT2D eigenvalue weighted by Gasteiger charge is 2.59. The summed E-state index contributed by atoms with van der Waals surface area (Å²) in [5.41, 5.74) is 3.39. The van der Waals surface area contributed by atoms with Gasteiger partial charge in [-0.1, -0.05) is 68.8 Å². The molecule has 1 aliphatic carbocycles. The molecule has 0 spiro atoms. The van der Waals surface area contributed by atoms with E-state index in [0.717, 1.165) is 22.3 Å². The van der Waals surface area contributed by atoms with E-state index < -0.39 is 23.6 Å². The van der Waals surface area contributed by atoms with Crippen molar-refractivity contribution < 1.29 is 24.2 Å². The number of nitrogens with one attached hydrogen (secondary N) is 1. The third-order valence-electron chi connectivity index (χ3n) is 8.34. The van der Waals surface area contributed by atoms with Crippen LogP contribution in [0.2, 0.25) is 0 Å². The van der Waals surface area contributed by atoms with Crippen LogP contribution in [0.3, 0.4) is 0 Å². The fourth-order valence-corrected chi connectivity index (χ4v) is 6.24. The number of hydrogen-bond donors (Lipinski definition) is 2. The topological polar surface area (TPSA) is 95.9 Å². The summed E-state index contributed by atoms with van der Waals surface area (Å²) in [7, 11) is 0. The van der Waals surface area contributed by atoms with Crippen molar-refractivity contribution in [2.75, 3.05) is 6.61 Å². The second-order valence-corrected chi connectivity index (χ2v) is 10.1. The highest BCUT2D eigenvalue weighted by atomic mass is 16.5. The highest BCUT2D eigenvalue weighted by Crippen LogP contribution is 2.47. The molecule has 35 heavy (non-hydrogen) atoms. The Labute approximate surface area is 205 Å².